The van der Waals surface area contributed by atoms with Crippen LogP contribution in [0.3, 0.4) is 0 Å². The lowest BCUT2D eigenvalue weighted by atomic mass is 10.00. The molecule has 1 heterocycles. The number of fused-ring (bicyclic) bond motifs is 1. The summed E-state index contributed by atoms with van der Waals surface area (Å²) < 4.78 is 0. The summed E-state index contributed by atoms with van der Waals surface area (Å²) in [5.41, 5.74) is 3.32. The van der Waals surface area contributed by atoms with Gasteiger partial charge in [-0.05, 0) is 42.0 Å². The first-order valence-electron chi connectivity index (χ1n) is 8.25. The Bertz CT molecular complexity index is 983. The van der Waals surface area contributed by atoms with Crippen LogP contribution in [0.2, 0.25) is 0 Å². The predicted molar refractivity (Wildman–Crippen MR) is 104 cm³/mol. The van der Waals surface area contributed by atoms with Crippen LogP contribution in [0.1, 0.15) is 22.8 Å². The first kappa shape index (κ1) is 16.5. The fourth-order valence-corrected chi connectivity index (χ4v) is 4.25. The average Bonchev–Trinajstić information content (AvgIpc) is 2.82. The third-order valence-electron chi connectivity index (χ3n) is 4.33. The Morgan fingerprint density at radius 3 is 2.35 bits per heavy atom. The number of benzene rings is 3. The van der Waals surface area contributed by atoms with Crippen molar-refractivity contribution in [3.05, 3.63) is 77.9 Å². The molecule has 4 nitrogen and oxygen atoms in total. The molecule has 1 unspecified atom stereocenters. The second kappa shape index (κ2) is 6.77. The zero-order valence-electron chi connectivity index (χ0n) is 13.8. The smallest absolute Gasteiger partial charge is 0.128 e. The van der Waals surface area contributed by atoms with Gasteiger partial charge < -0.3 is 15.3 Å². The van der Waals surface area contributed by atoms with Crippen molar-refractivity contribution in [3.8, 4) is 17.2 Å². The quantitative estimate of drug-likeness (QED) is 0.588. The molecular formula is C21H17NO3S. The third kappa shape index (κ3) is 3.26. The van der Waals surface area contributed by atoms with Crippen LogP contribution in [0, 0.1) is 0 Å². The Morgan fingerprint density at radius 2 is 1.58 bits per heavy atom. The van der Waals surface area contributed by atoms with Crippen molar-refractivity contribution in [2.24, 2.45) is 4.99 Å². The largest absolute Gasteiger partial charge is 0.508 e. The Morgan fingerprint density at radius 1 is 0.846 bits per heavy atom. The van der Waals surface area contributed by atoms with E-state index in [0.29, 0.717) is 12.0 Å². The number of hydrogen-bond acceptors (Lipinski definition) is 5. The second-order valence-corrected chi connectivity index (χ2v) is 7.37. The highest BCUT2D eigenvalue weighted by Gasteiger charge is 2.23. The summed E-state index contributed by atoms with van der Waals surface area (Å²) in [7, 11) is 0. The molecule has 0 bridgehead atoms. The maximum absolute atomic E-state index is 10.3. The Balaban J connectivity index is 1.81. The minimum absolute atomic E-state index is 0.0117. The Kier molecular flexibility index (Phi) is 4.31. The van der Waals surface area contributed by atoms with Crippen LogP contribution in [0.25, 0.3) is 0 Å². The van der Waals surface area contributed by atoms with Gasteiger partial charge in [-0.2, -0.15) is 0 Å². The standard InChI is InChI=1S/C21H17NO3S/c23-14-7-5-13(6-8-14)21-12-18(16-10-9-15(24)11-19(16)25)22-17-3-1-2-4-20(17)26-21/h1-11,21,23-25H,12H2. The van der Waals surface area contributed by atoms with E-state index < -0.39 is 0 Å². The van der Waals surface area contributed by atoms with Gasteiger partial charge in [0.25, 0.3) is 0 Å². The summed E-state index contributed by atoms with van der Waals surface area (Å²) in [4.78, 5) is 5.87. The molecule has 0 spiro atoms. The maximum atomic E-state index is 10.3. The molecular weight excluding hydrogens is 346 g/mol. The van der Waals surface area contributed by atoms with E-state index in [9.17, 15) is 15.3 Å². The number of aliphatic imine (C=N–C) groups is 1. The summed E-state index contributed by atoms with van der Waals surface area (Å²) in [6.07, 6.45) is 0.614. The van der Waals surface area contributed by atoms with Crippen LogP contribution in [0.5, 0.6) is 17.2 Å². The molecule has 26 heavy (non-hydrogen) atoms. The molecule has 5 heteroatoms. The van der Waals surface area contributed by atoms with Gasteiger partial charge in [0.15, 0.2) is 0 Å². The fourth-order valence-electron chi connectivity index (χ4n) is 3.02. The maximum Gasteiger partial charge on any atom is 0.128 e. The summed E-state index contributed by atoms with van der Waals surface area (Å²) in [6, 6.07) is 19.7. The fraction of sp³-hybridized carbons (Fsp3) is 0.0952. The Hall–Kier alpha value is -2.92. The molecule has 1 aliphatic heterocycles. The summed E-state index contributed by atoms with van der Waals surface area (Å²) in [5, 5.41) is 29.5. The molecule has 0 saturated carbocycles. The van der Waals surface area contributed by atoms with Crippen LogP contribution in [-0.4, -0.2) is 21.0 Å². The van der Waals surface area contributed by atoms with Gasteiger partial charge in [0.05, 0.1) is 11.4 Å². The van der Waals surface area contributed by atoms with Crippen molar-refractivity contribution < 1.29 is 15.3 Å². The number of hydrogen-bond donors (Lipinski definition) is 3. The molecule has 0 amide bonds. The van der Waals surface area contributed by atoms with E-state index in [1.54, 1.807) is 36.0 Å². The lowest BCUT2D eigenvalue weighted by Crippen LogP contribution is -2.05. The first-order chi connectivity index (χ1) is 12.6. The number of para-hydroxylation sites is 1. The number of rotatable bonds is 2. The normalized spacial score (nSPS) is 16.5. The van der Waals surface area contributed by atoms with E-state index in [2.05, 4.69) is 0 Å². The van der Waals surface area contributed by atoms with Crippen molar-refractivity contribution in [1.29, 1.82) is 0 Å². The SMILES string of the molecule is Oc1ccc(C2CC(c3ccc(O)cc3O)=Nc3ccccc3S2)cc1. The van der Waals surface area contributed by atoms with E-state index in [4.69, 9.17) is 4.99 Å². The van der Waals surface area contributed by atoms with Crippen molar-refractivity contribution in [2.45, 2.75) is 16.6 Å². The number of aromatic hydroxyl groups is 3. The number of phenols is 3. The number of phenolic OH excluding ortho intramolecular Hbond substituents is 3. The lowest BCUT2D eigenvalue weighted by Gasteiger charge is -2.16. The first-order valence-corrected chi connectivity index (χ1v) is 9.12. The van der Waals surface area contributed by atoms with Gasteiger partial charge in [0, 0.05) is 28.2 Å². The topological polar surface area (TPSA) is 73.0 Å². The van der Waals surface area contributed by atoms with E-state index in [1.165, 1.54) is 6.07 Å². The molecule has 0 radical (unpaired) electrons. The summed E-state index contributed by atoms with van der Waals surface area (Å²) in [5.74, 6) is 0.265. The molecule has 1 aliphatic rings. The highest BCUT2D eigenvalue weighted by Crippen LogP contribution is 2.46. The van der Waals surface area contributed by atoms with Crippen molar-refractivity contribution in [1.82, 2.24) is 0 Å². The van der Waals surface area contributed by atoms with Gasteiger partial charge in [0.2, 0.25) is 0 Å². The molecule has 0 fully saturated rings. The Labute approximate surface area is 155 Å². The lowest BCUT2D eigenvalue weighted by molar-refractivity contribution is 0.450. The van der Waals surface area contributed by atoms with Gasteiger partial charge in [-0.1, -0.05) is 24.3 Å². The van der Waals surface area contributed by atoms with E-state index >= 15 is 0 Å². The van der Waals surface area contributed by atoms with Gasteiger partial charge in [-0.25, -0.2) is 0 Å². The van der Waals surface area contributed by atoms with Gasteiger partial charge in [-0.3, -0.25) is 4.99 Å². The zero-order valence-corrected chi connectivity index (χ0v) is 14.6. The van der Waals surface area contributed by atoms with Crippen LogP contribution in [0.4, 0.5) is 5.69 Å². The molecule has 130 valence electrons. The molecule has 0 saturated heterocycles. The van der Waals surface area contributed by atoms with Crippen LogP contribution in [0.15, 0.2) is 76.6 Å². The van der Waals surface area contributed by atoms with Crippen molar-refractivity contribution in [2.75, 3.05) is 0 Å². The van der Waals surface area contributed by atoms with E-state index in [1.807, 2.05) is 36.4 Å². The minimum Gasteiger partial charge on any atom is -0.508 e. The second-order valence-electron chi connectivity index (χ2n) is 6.13. The molecule has 0 aromatic heterocycles. The highest BCUT2D eigenvalue weighted by atomic mass is 32.2. The van der Waals surface area contributed by atoms with Gasteiger partial charge in [-0.15, -0.1) is 11.8 Å². The summed E-state index contributed by atoms with van der Waals surface area (Å²) >= 11 is 1.72. The van der Waals surface area contributed by atoms with Crippen molar-refractivity contribution >= 4 is 23.2 Å². The number of thioether (sulfide) groups is 1. The molecule has 1 atom stereocenters. The van der Waals surface area contributed by atoms with Crippen LogP contribution in [-0.2, 0) is 0 Å². The van der Waals surface area contributed by atoms with E-state index in [0.717, 1.165) is 21.9 Å². The van der Waals surface area contributed by atoms with E-state index in [-0.39, 0.29) is 22.5 Å². The molecule has 3 aromatic carbocycles. The number of nitrogens with zero attached hydrogens (tertiary/aromatic N) is 1. The zero-order chi connectivity index (χ0) is 18.1. The molecule has 3 aromatic rings. The van der Waals surface area contributed by atoms with Crippen LogP contribution < -0.4 is 0 Å². The molecule has 3 N–H and O–H groups in total. The monoisotopic (exact) mass is 363 g/mol. The van der Waals surface area contributed by atoms with Crippen molar-refractivity contribution in [3.63, 3.8) is 0 Å². The minimum atomic E-state index is 0.0117. The third-order valence-corrected chi connectivity index (χ3v) is 5.65. The molecule has 0 aliphatic carbocycles. The van der Waals surface area contributed by atoms with Crippen LogP contribution >= 0.6 is 11.8 Å². The highest BCUT2D eigenvalue weighted by molar-refractivity contribution is 7.99. The predicted octanol–water partition coefficient (Wildman–Crippen LogP) is 5.16. The van der Waals surface area contributed by atoms with Gasteiger partial charge in [0.1, 0.15) is 17.2 Å². The van der Waals surface area contributed by atoms with Gasteiger partial charge >= 0.3 is 0 Å². The average molecular weight is 363 g/mol. The molecule has 4 rings (SSSR count). The summed E-state index contributed by atoms with van der Waals surface area (Å²) in [6.45, 7) is 0.